The highest BCUT2D eigenvalue weighted by atomic mass is 32.2. The number of thioether (sulfide) groups is 2. The summed E-state index contributed by atoms with van der Waals surface area (Å²) >= 11 is 3.52. The smallest absolute Gasteiger partial charge is 0.228 e. The van der Waals surface area contributed by atoms with Gasteiger partial charge in [-0.3, -0.25) is 0 Å². The number of nitrogens with one attached hydrogen (secondary N) is 1. The summed E-state index contributed by atoms with van der Waals surface area (Å²) in [5.74, 6) is 4.02. The van der Waals surface area contributed by atoms with E-state index in [1.165, 1.54) is 17.9 Å². The molecule has 1 N–H and O–H groups in total. The second kappa shape index (κ2) is 7.29. The second-order valence-corrected chi connectivity index (χ2v) is 6.98. The van der Waals surface area contributed by atoms with Gasteiger partial charge in [-0.15, -0.1) is 11.8 Å². The number of rotatable bonds is 5. The molecular weight excluding hydrogens is 309 g/mol. The Bertz CT molecular complexity index is 570. The maximum Gasteiger partial charge on any atom is 0.228 e. The van der Waals surface area contributed by atoms with Gasteiger partial charge in [-0.2, -0.15) is 16.7 Å². The highest BCUT2D eigenvalue weighted by Gasteiger charge is 2.17. The molecule has 1 aliphatic heterocycles. The molecule has 2 aromatic rings. The molecular formula is C14H16FN3OS2. The molecule has 1 aromatic carbocycles. The quantitative estimate of drug-likeness (QED) is 0.853. The topological polar surface area (TPSA) is 51.0 Å². The number of halogens is 1. The Labute approximate surface area is 131 Å². The van der Waals surface area contributed by atoms with Crippen LogP contribution < -0.4 is 5.32 Å². The monoisotopic (exact) mass is 325 g/mol. The molecule has 0 bridgehead atoms. The highest BCUT2D eigenvalue weighted by molar-refractivity contribution is 7.99. The van der Waals surface area contributed by atoms with E-state index in [-0.39, 0.29) is 5.82 Å². The molecule has 1 aliphatic rings. The summed E-state index contributed by atoms with van der Waals surface area (Å²) in [6.45, 7) is 1.04. The van der Waals surface area contributed by atoms with Crippen LogP contribution in [-0.4, -0.2) is 34.2 Å². The van der Waals surface area contributed by atoms with E-state index >= 15 is 0 Å². The van der Waals surface area contributed by atoms with Crippen LogP contribution in [0.1, 0.15) is 11.7 Å². The molecule has 0 aliphatic carbocycles. The Morgan fingerprint density at radius 3 is 3.00 bits per heavy atom. The Balaban J connectivity index is 1.51. The van der Waals surface area contributed by atoms with Crippen LogP contribution in [0.4, 0.5) is 4.39 Å². The normalized spacial score (nSPS) is 18.8. The van der Waals surface area contributed by atoms with Gasteiger partial charge >= 0.3 is 0 Å². The fraction of sp³-hybridized carbons (Fsp3) is 0.429. The molecule has 112 valence electrons. The Morgan fingerprint density at radius 1 is 1.38 bits per heavy atom. The van der Waals surface area contributed by atoms with Gasteiger partial charge in [0.1, 0.15) is 5.82 Å². The predicted octanol–water partition coefficient (Wildman–Crippen LogP) is 2.75. The summed E-state index contributed by atoms with van der Waals surface area (Å²) in [4.78, 5) is 5.41. The largest absolute Gasteiger partial charge is 0.339 e. The fourth-order valence-electron chi connectivity index (χ4n) is 2.07. The van der Waals surface area contributed by atoms with Crippen molar-refractivity contribution in [2.45, 2.75) is 23.1 Å². The summed E-state index contributed by atoms with van der Waals surface area (Å²) in [5, 5.41) is 7.45. The molecule has 3 rings (SSSR count). The minimum absolute atomic E-state index is 0.223. The van der Waals surface area contributed by atoms with Gasteiger partial charge in [-0.05, 0) is 24.3 Å². The Morgan fingerprint density at radius 2 is 2.24 bits per heavy atom. The molecule has 0 saturated carbocycles. The van der Waals surface area contributed by atoms with E-state index < -0.39 is 0 Å². The van der Waals surface area contributed by atoms with E-state index in [0.29, 0.717) is 23.5 Å². The minimum Gasteiger partial charge on any atom is -0.339 e. The lowest BCUT2D eigenvalue weighted by Crippen LogP contribution is -2.38. The van der Waals surface area contributed by atoms with E-state index in [9.17, 15) is 4.39 Å². The van der Waals surface area contributed by atoms with Crippen LogP contribution >= 0.6 is 23.5 Å². The van der Waals surface area contributed by atoms with Crippen molar-refractivity contribution in [2.24, 2.45) is 0 Å². The number of hydrogen-bond donors (Lipinski definition) is 1. The van der Waals surface area contributed by atoms with Crippen LogP contribution in [0.2, 0.25) is 0 Å². The molecule has 1 aromatic heterocycles. The molecule has 1 atom stereocenters. The van der Waals surface area contributed by atoms with Gasteiger partial charge in [0.25, 0.3) is 0 Å². The number of aromatic nitrogens is 2. The Kier molecular flexibility index (Phi) is 5.16. The molecule has 1 saturated heterocycles. The summed E-state index contributed by atoms with van der Waals surface area (Å²) in [5.41, 5.74) is 0. The standard InChI is InChI=1S/C14H16FN3OS2/c15-10-1-3-12(4-2-10)21-9-13-17-14(19-18-13)7-11-8-20-6-5-16-11/h1-4,11,16H,5-9H2. The van der Waals surface area contributed by atoms with Crippen molar-refractivity contribution in [3.05, 3.63) is 41.8 Å². The Hall–Kier alpha value is -1.05. The van der Waals surface area contributed by atoms with Gasteiger partial charge in [0.15, 0.2) is 5.82 Å². The highest BCUT2D eigenvalue weighted by Crippen LogP contribution is 2.22. The zero-order valence-corrected chi connectivity index (χ0v) is 13.1. The third kappa shape index (κ3) is 4.46. The number of benzene rings is 1. The summed E-state index contributed by atoms with van der Waals surface area (Å²) in [7, 11) is 0. The van der Waals surface area contributed by atoms with E-state index in [2.05, 4.69) is 15.5 Å². The molecule has 4 nitrogen and oxygen atoms in total. The van der Waals surface area contributed by atoms with Gasteiger partial charge in [-0.25, -0.2) is 4.39 Å². The van der Waals surface area contributed by atoms with Gasteiger partial charge in [-0.1, -0.05) is 5.16 Å². The van der Waals surface area contributed by atoms with E-state index in [1.54, 1.807) is 23.9 Å². The first-order valence-corrected chi connectivity index (χ1v) is 8.94. The fourth-order valence-corrected chi connectivity index (χ4v) is 3.76. The summed E-state index contributed by atoms with van der Waals surface area (Å²) in [6.07, 6.45) is 0.779. The third-order valence-electron chi connectivity index (χ3n) is 3.11. The summed E-state index contributed by atoms with van der Waals surface area (Å²) < 4.78 is 18.1. The van der Waals surface area contributed by atoms with Crippen LogP contribution in [0.3, 0.4) is 0 Å². The maximum atomic E-state index is 12.8. The lowest BCUT2D eigenvalue weighted by molar-refractivity contribution is 0.359. The van der Waals surface area contributed by atoms with Crippen molar-refractivity contribution in [3.63, 3.8) is 0 Å². The zero-order valence-electron chi connectivity index (χ0n) is 11.4. The molecule has 7 heteroatoms. The van der Waals surface area contributed by atoms with Crippen LogP contribution in [0.5, 0.6) is 0 Å². The van der Waals surface area contributed by atoms with Crippen LogP contribution in [0, 0.1) is 5.82 Å². The zero-order chi connectivity index (χ0) is 14.5. The van der Waals surface area contributed by atoms with Crippen LogP contribution in [0.25, 0.3) is 0 Å². The third-order valence-corrected chi connectivity index (χ3v) is 5.25. The van der Waals surface area contributed by atoms with Crippen molar-refractivity contribution in [2.75, 3.05) is 18.1 Å². The van der Waals surface area contributed by atoms with Gasteiger partial charge in [0.2, 0.25) is 5.89 Å². The molecule has 0 spiro atoms. The van der Waals surface area contributed by atoms with Crippen LogP contribution in [-0.2, 0) is 12.2 Å². The van der Waals surface area contributed by atoms with Crippen molar-refractivity contribution in [1.29, 1.82) is 0 Å². The summed E-state index contributed by atoms with van der Waals surface area (Å²) in [6, 6.07) is 6.84. The van der Waals surface area contributed by atoms with E-state index in [1.807, 2.05) is 11.8 Å². The average molecular weight is 325 g/mol. The minimum atomic E-state index is -0.223. The molecule has 2 heterocycles. The predicted molar refractivity (Wildman–Crippen MR) is 83.1 cm³/mol. The maximum absolute atomic E-state index is 12.8. The van der Waals surface area contributed by atoms with Crippen molar-refractivity contribution in [1.82, 2.24) is 15.5 Å². The lowest BCUT2D eigenvalue weighted by atomic mass is 10.2. The van der Waals surface area contributed by atoms with Crippen molar-refractivity contribution < 1.29 is 8.91 Å². The number of hydrogen-bond acceptors (Lipinski definition) is 6. The first kappa shape index (κ1) is 14.9. The van der Waals surface area contributed by atoms with Crippen molar-refractivity contribution >= 4 is 23.5 Å². The second-order valence-electron chi connectivity index (χ2n) is 4.78. The first-order valence-electron chi connectivity index (χ1n) is 6.80. The van der Waals surface area contributed by atoms with Gasteiger partial charge in [0, 0.05) is 35.4 Å². The first-order chi connectivity index (χ1) is 10.3. The lowest BCUT2D eigenvalue weighted by Gasteiger charge is -2.21. The molecule has 0 amide bonds. The average Bonchev–Trinajstić information content (AvgIpc) is 2.95. The van der Waals surface area contributed by atoms with Crippen molar-refractivity contribution in [3.8, 4) is 0 Å². The van der Waals surface area contributed by atoms with Gasteiger partial charge in [0.05, 0.1) is 5.75 Å². The molecule has 1 unspecified atom stereocenters. The SMILES string of the molecule is Fc1ccc(SCc2noc(CC3CSCCN3)n2)cc1. The number of nitrogens with zero attached hydrogens (tertiary/aromatic N) is 2. The van der Waals surface area contributed by atoms with Gasteiger partial charge < -0.3 is 9.84 Å². The molecule has 0 radical (unpaired) electrons. The van der Waals surface area contributed by atoms with E-state index in [4.69, 9.17) is 4.52 Å². The van der Waals surface area contributed by atoms with Crippen LogP contribution in [0.15, 0.2) is 33.7 Å². The van der Waals surface area contributed by atoms with E-state index in [0.717, 1.165) is 23.6 Å². The molecule has 1 fully saturated rings. The molecule has 21 heavy (non-hydrogen) atoms.